The van der Waals surface area contributed by atoms with Gasteiger partial charge in [0.25, 0.3) is 11.8 Å². The molecule has 2 aliphatic heterocycles. The maximum Gasteiger partial charge on any atom is 0.414 e. The number of nitrogens with zero attached hydrogens (tertiary/aromatic N) is 7. The van der Waals surface area contributed by atoms with Crippen LogP contribution in [0.4, 0.5) is 9.93 Å². The summed E-state index contributed by atoms with van der Waals surface area (Å²) in [6.45, 7) is 11.8. The standard InChI is InChI=1S/C38H46N10O8S2.BrH/c1-7-39-16-10-18-46-22-47(31-26(46)11-9-17-40-31)19-24-21-57-34-28(33(50)48(34)29(24)35(51)54-20-23-12-14-25(53-6)15-13-23)41-32(49)27(44-55-8-2)30-42-36(58-45-30)43-37(52)56-38(3,4)5;/h9,11-15,17,22,28,34,39H,7-8,10,16,18-21H2,1-6H3,(H-,41,42,43,45,49,52);1H/b44-27-;. The van der Waals surface area contributed by atoms with Gasteiger partial charge in [-0.05, 0) is 77.0 Å². The molecule has 2 aliphatic rings. The van der Waals surface area contributed by atoms with Crippen LogP contribution in [-0.2, 0) is 48.4 Å². The number of nitrogens with one attached hydrogen (secondary N) is 3. The second-order valence-corrected chi connectivity index (χ2v) is 16.0. The number of β-lactam (4-membered cyclic amide) rings is 1. The van der Waals surface area contributed by atoms with E-state index < -0.39 is 40.9 Å². The van der Waals surface area contributed by atoms with Crippen LogP contribution in [0.15, 0.2) is 65.3 Å². The number of rotatable bonds is 17. The number of anilines is 1. The number of imidazole rings is 1. The van der Waals surface area contributed by atoms with Gasteiger partial charge < -0.3 is 46.7 Å². The van der Waals surface area contributed by atoms with Crippen molar-refractivity contribution in [2.24, 2.45) is 5.16 Å². The highest BCUT2D eigenvalue weighted by Crippen LogP contribution is 2.41. The van der Waals surface area contributed by atoms with Gasteiger partial charge in [0.05, 0.1) is 20.2 Å². The van der Waals surface area contributed by atoms with E-state index in [-0.39, 0.29) is 59.1 Å². The molecule has 0 bridgehead atoms. The van der Waals surface area contributed by atoms with Gasteiger partial charge in [-0.15, -0.1) is 16.7 Å². The van der Waals surface area contributed by atoms with Crippen molar-refractivity contribution in [3.63, 3.8) is 0 Å². The Kier molecular flexibility index (Phi) is 15.4. The topological polar surface area (TPSA) is 204 Å². The number of hydrogen-bond donors (Lipinski definition) is 3. The van der Waals surface area contributed by atoms with E-state index in [1.807, 2.05) is 23.0 Å². The molecule has 3 amide bonds. The third kappa shape index (κ3) is 10.9. The Hall–Kier alpha value is -5.12. The van der Waals surface area contributed by atoms with Crippen LogP contribution < -0.4 is 42.2 Å². The Morgan fingerprint density at radius 2 is 1.90 bits per heavy atom. The molecule has 3 N–H and O–H groups in total. The number of ether oxygens (including phenoxy) is 3. The van der Waals surface area contributed by atoms with Gasteiger partial charge in [-0.3, -0.25) is 24.4 Å². The second-order valence-electron chi connectivity index (χ2n) is 14.1. The maximum absolute atomic E-state index is 14.1. The number of oxime groups is 1. The lowest BCUT2D eigenvalue weighted by Gasteiger charge is -2.49. The zero-order valence-corrected chi connectivity index (χ0v) is 36.7. The molecule has 3 aromatic heterocycles. The Morgan fingerprint density at radius 3 is 2.61 bits per heavy atom. The first-order valence-electron chi connectivity index (χ1n) is 18.8. The summed E-state index contributed by atoms with van der Waals surface area (Å²) < 4.78 is 24.7. The minimum Gasteiger partial charge on any atom is -1.00 e. The number of thioether (sulfide) groups is 1. The Balaban J connectivity index is 0.00000661. The summed E-state index contributed by atoms with van der Waals surface area (Å²) in [6.07, 6.45) is 3.86. The van der Waals surface area contributed by atoms with E-state index in [9.17, 15) is 19.2 Å². The van der Waals surface area contributed by atoms with Gasteiger partial charge in [0.1, 0.15) is 47.9 Å². The normalized spacial score (nSPS) is 16.5. The van der Waals surface area contributed by atoms with Crippen LogP contribution in [0.3, 0.4) is 0 Å². The molecule has 0 radical (unpaired) electrons. The lowest BCUT2D eigenvalue weighted by molar-refractivity contribution is -0.665. The highest BCUT2D eigenvalue weighted by molar-refractivity contribution is 8.00. The predicted molar refractivity (Wildman–Crippen MR) is 216 cm³/mol. The summed E-state index contributed by atoms with van der Waals surface area (Å²) in [5.41, 5.74) is 2.15. The number of carbonyl (C=O) groups is 4. The molecule has 59 heavy (non-hydrogen) atoms. The molecule has 2 unspecified atom stereocenters. The van der Waals surface area contributed by atoms with Crippen molar-refractivity contribution < 1.29 is 59.8 Å². The Labute approximate surface area is 360 Å². The van der Waals surface area contributed by atoms with Crippen molar-refractivity contribution in [2.75, 3.05) is 37.9 Å². The van der Waals surface area contributed by atoms with E-state index >= 15 is 0 Å². The van der Waals surface area contributed by atoms with Gasteiger partial charge in [-0.25, -0.2) is 14.2 Å². The van der Waals surface area contributed by atoms with Gasteiger partial charge in [-0.1, -0.05) is 24.2 Å². The number of methoxy groups -OCH3 is 1. The third-order valence-electron chi connectivity index (χ3n) is 8.79. The number of halogens is 1. The number of amides is 3. The predicted octanol–water partition coefficient (Wildman–Crippen LogP) is 0.373. The summed E-state index contributed by atoms with van der Waals surface area (Å²) in [7, 11) is 1.57. The van der Waals surface area contributed by atoms with E-state index in [2.05, 4.69) is 46.9 Å². The van der Waals surface area contributed by atoms with Gasteiger partial charge in [-0.2, -0.15) is 9.36 Å². The van der Waals surface area contributed by atoms with Gasteiger partial charge in [0.2, 0.25) is 16.7 Å². The average Bonchev–Trinajstić information content (AvgIpc) is 3.81. The summed E-state index contributed by atoms with van der Waals surface area (Å²) in [5, 5.41) is 11.9. The number of pyridine rings is 1. The zero-order chi connectivity index (χ0) is 41.4. The van der Waals surface area contributed by atoms with E-state index in [4.69, 9.17) is 19.0 Å². The van der Waals surface area contributed by atoms with Crippen LogP contribution >= 0.6 is 23.3 Å². The molecule has 5 heterocycles. The summed E-state index contributed by atoms with van der Waals surface area (Å²) >= 11 is 2.22. The molecule has 316 valence electrons. The van der Waals surface area contributed by atoms with Crippen LogP contribution in [0.2, 0.25) is 0 Å². The number of esters is 1. The number of benzene rings is 1. The van der Waals surface area contributed by atoms with Crippen molar-refractivity contribution in [2.45, 2.75) is 77.8 Å². The van der Waals surface area contributed by atoms with Crippen LogP contribution in [0.25, 0.3) is 11.2 Å². The van der Waals surface area contributed by atoms with Gasteiger partial charge >= 0.3 is 17.7 Å². The molecule has 1 fully saturated rings. The van der Waals surface area contributed by atoms with Crippen LogP contribution in [0, 0.1) is 0 Å². The molecule has 1 saturated heterocycles. The summed E-state index contributed by atoms with van der Waals surface area (Å²) in [5.74, 6) is -1.08. The molecule has 0 spiro atoms. The van der Waals surface area contributed by atoms with Crippen molar-refractivity contribution in [1.29, 1.82) is 0 Å². The van der Waals surface area contributed by atoms with Crippen molar-refractivity contribution in [3.05, 3.63) is 71.6 Å². The first-order chi connectivity index (χ1) is 27.9. The third-order valence-corrected chi connectivity index (χ3v) is 10.8. The zero-order valence-electron chi connectivity index (χ0n) is 33.5. The van der Waals surface area contributed by atoms with Gasteiger partial charge in [0, 0.05) is 22.9 Å². The average molecular weight is 916 g/mol. The fourth-order valence-electron chi connectivity index (χ4n) is 6.19. The molecular formula is C38H47BrN10O8S2. The maximum atomic E-state index is 14.1. The Bertz CT molecular complexity index is 2210. The quantitative estimate of drug-likeness (QED) is 0.0328. The minimum absolute atomic E-state index is 0. The highest BCUT2D eigenvalue weighted by Gasteiger charge is 2.55. The van der Waals surface area contributed by atoms with Crippen LogP contribution in [0.5, 0.6) is 5.75 Å². The number of carbonyl (C=O) groups excluding carboxylic acids is 4. The molecular weight excluding hydrogens is 869 g/mol. The smallest absolute Gasteiger partial charge is 0.414 e. The molecule has 2 atom stereocenters. The number of hydrogen-bond acceptors (Lipinski definition) is 15. The molecule has 21 heteroatoms. The molecule has 1 aromatic carbocycles. The largest absolute Gasteiger partial charge is 1.00 e. The van der Waals surface area contributed by atoms with E-state index in [1.54, 1.807) is 65.3 Å². The minimum atomic E-state index is -1.03. The van der Waals surface area contributed by atoms with E-state index in [0.29, 0.717) is 17.1 Å². The van der Waals surface area contributed by atoms with Crippen molar-refractivity contribution in [3.8, 4) is 5.75 Å². The number of fused-ring (bicyclic) bond motifs is 2. The van der Waals surface area contributed by atoms with Crippen LogP contribution in [-0.4, -0.2) is 103 Å². The highest BCUT2D eigenvalue weighted by atomic mass is 79.9. The van der Waals surface area contributed by atoms with E-state index in [1.165, 1.54) is 16.7 Å². The lowest BCUT2D eigenvalue weighted by atomic mass is 10.0. The summed E-state index contributed by atoms with van der Waals surface area (Å²) in [4.78, 5) is 69.6. The molecule has 18 nitrogen and oxygen atoms in total. The molecule has 4 aromatic rings. The number of aryl methyl sites for hydroxylation is 1. The number of aromatic nitrogens is 5. The SMILES string of the molecule is CCNCCCn1c[n+](CC2=C(C(=O)OCc3ccc(OC)cc3)N3C(=O)C(NC(=O)/C(=N\OCC)c4nsc(NC(=O)OC(C)(C)C)n4)C3SC2)c2ncccc21.[Br-]. The monoisotopic (exact) mass is 914 g/mol. The van der Waals surface area contributed by atoms with Crippen molar-refractivity contribution in [1.82, 2.24) is 34.4 Å². The Morgan fingerprint density at radius 1 is 1.12 bits per heavy atom. The first-order valence-corrected chi connectivity index (χ1v) is 20.6. The van der Waals surface area contributed by atoms with Gasteiger partial charge in [0.15, 0.2) is 11.8 Å². The fraction of sp³-hybridized carbons (Fsp3) is 0.447. The van der Waals surface area contributed by atoms with E-state index in [0.717, 1.165) is 54.3 Å². The molecule has 0 saturated carbocycles. The fourth-order valence-corrected chi connectivity index (χ4v) is 8.08. The second kappa shape index (κ2) is 20.2. The molecule has 0 aliphatic carbocycles. The summed E-state index contributed by atoms with van der Waals surface area (Å²) in [6, 6.07) is 10.00. The molecule has 6 rings (SSSR count). The van der Waals surface area contributed by atoms with Crippen LogP contribution in [0.1, 0.15) is 52.4 Å². The van der Waals surface area contributed by atoms with Crippen molar-refractivity contribution >= 4 is 69.2 Å². The first kappa shape index (κ1) is 45.0. The lowest BCUT2D eigenvalue weighted by Crippen LogP contribution is -3.00.